The SMILES string of the molecule is O=C(O)C1=C(CF)NC=C(C(=O)Oc2cccc(Cl)c2Cl)C1. The maximum absolute atomic E-state index is 12.7. The van der Waals surface area contributed by atoms with Gasteiger partial charge in [0, 0.05) is 12.6 Å². The number of halogens is 3. The topological polar surface area (TPSA) is 75.6 Å². The van der Waals surface area contributed by atoms with Gasteiger partial charge in [-0.1, -0.05) is 29.3 Å². The van der Waals surface area contributed by atoms with E-state index < -0.39 is 18.6 Å². The van der Waals surface area contributed by atoms with Crippen LogP contribution in [0.1, 0.15) is 6.42 Å². The number of rotatable bonds is 4. The Hall–Kier alpha value is -2.05. The van der Waals surface area contributed by atoms with Crippen LogP contribution in [0.25, 0.3) is 0 Å². The Balaban J connectivity index is 2.16. The number of carboxylic acid groups (broad SMARTS) is 1. The standard InChI is InChI=1S/C14H10Cl2FNO4/c15-9-2-1-3-11(12(9)16)22-14(21)7-4-8(13(19)20)10(5-17)18-6-7/h1-3,6,18H,4-5H2,(H,19,20). The Kier molecular flexibility index (Phi) is 5.05. The Morgan fingerprint density at radius 2 is 2.09 bits per heavy atom. The molecule has 1 aromatic carbocycles. The average molecular weight is 346 g/mol. The molecule has 0 saturated heterocycles. The minimum Gasteiger partial charge on any atom is -0.478 e. The highest BCUT2D eigenvalue weighted by atomic mass is 35.5. The molecule has 1 aliphatic heterocycles. The molecule has 5 nitrogen and oxygen atoms in total. The third kappa shape index (κ3) is 3.40. The summed E-state index contributed by atoms with van der Waals surface area (Å²) in [5.41, 5.74) is -0.287. The molecule has 1 aliphatic rings. The van der Waals surface area contributed by atoms with Crippen molar-refractivity contribution >= 4 is 35.1 Å². The largest absolute Gasteiger partial charge is 0.478 e. The van der Waals surface area contributed by atoms with Gasteiger partial charge in [-0.3, -0.25) is 0 Å². The van der Waals surface area contributed by atoms with Gasteiger partial charge in [-0.2, -0.15) is 0 Å². The zero-order valence-corrected chi connectivity index (χ0v) is 12.5. The van der Waals surface area contributed by atoms with Gasteiger partial charge in [0.1, 0.15) is 11.7 Å². The minimum atomic E-state index is -1.31. The first-order chi connectivity index (χ1) is 10.4. The summed E-state index contributed by atoms with van der Waals surface area (Å²) in [5, 5.41) is 11.8. The second kappa shape index (κ2) is 6.81. The normalized spacial score (nSPS) is 14.2. The number of benzene rings is 1. The summed E-state index contributed by atoms with van der Waals surface area (Å²) in [5.74, 6) is -2.05. The zero-order valence-electron chi connectivity index (χ0n) is 11.0. The summed E-state index contributed by atoms with van der Waals surface area (Å²) < 4.78 is 17.8. The second-order valence-corrected chi connectivity index (χ2v) is 5.11. The molecule has 116 valence electrons. The lowest BCUT2D eigenvalue weighted by Crippen LogP contribution is -2.25. The first-order valence-electron chi connectivity index (χ1n) is 6.07. The molecule has 0 aliphatic carbocycles. The van der Waals surface area contributed by atoms with Crippen LogP contribution in [0.15, 0.2) is 41.2 Å². The van der Waals surface area contributed by atoms with Gasteiger partial charge in [0.2, 0.25) is 0 Å². The zero-order chi connectivity index (χ0) is 16.3. The van der Waals surface area contributed by atoms with Crippen molar-refractivity contribution in [3.8, 4) is 5.75 Å². The van der Waals surface area contributed by atoms with E-state index in [1.54, 1.807) is 6.07 Å². The fourth-order valence-corrected chi connectivity index (χ4v) is 2.12. The monoisotopic (exact) mass is 345 g/mol. The molecule has 0 spiro atoms. The number of hydrogen-bond acceptors (Lipinski definition) is 4. The molecule has 0 amide bonds. The summed E-state index contributed by atoms with van der Waals surface area (Å²) in [7, 11) is 0. The molecule has 0 bridgehead atoms. The number of ether oxygens (including phenoxy) is 1. The molecule has 8 heteroatoms. The van der Waals surface area contributed by atoms with E-state index in [9.17, 15) is 14.0 Å². The number of carbonyl (C=O) groups is 2. The number of hydrogen-bond donors (Lipinski definition) is 2. The third-order valence-electron chi connectivity index (χ3n) is 2.92. The van der Waals surface area contributed by atoms with Gasteiger partial charge < -0.3 is 15.2 Å². The van der Waals surface area contributed by atoms with Crippen LogP contribution >= 0.6 is 23.2 Å². The molecular weight excluding hydrogens is 336 g/mol. The molecule has 0 fully saturated rings. The van der Waals surface area contributed by atoms with Gasteiger partial charge in [0.15, 0.2) is 5.75 Å². The van der Waals surface area contributed by atoms with Crippen LogP contribution in [0, 0.1) is 0 Å². The summed E-state index contributed by atoms with van der Waals surface area (Å²) >= 11 is 11.7. The van der Waals surface area contributed by atoms with Gasteiger partial charge in [0.25, 0.3) is 0 Å². The predicted octanol–water partition coefficient (Wildman–Crippen LogP) is 3.08. The highest BCUT2D eigenvalue weighted by molar-refractivity contribution is 6.43. The van der Waals surface area contributed by atoms with Crippen LogP contribution in [-0.2, 0) is 9.59 Å². The first-order valence-corrected chi connectivity index (χ1v) is 6.82. The molecule has 1 aromatic rings. The van der Waals surface area contributed by atoms with E-state index >= 15 is 0 Å². The third-order valence-corrected chi connectivity index (χ3v) is 3.73. The van der Waals surface area contributed by atoms with Crippen molar-refractivity contribution in [2.45, 2.75) is 6.42 Å². The Labute approximate surface area is 135 Å². The maximum atomic E-state index is 12.7. The van der Waals surface area contributed by atoms with Crippen LogP contribution in [0.5, 0.6) is 5.75 Å². The van der Waals surface area contributed by atoms with E-state index in [0.29, 0.717) is 0 Å². The van der Waals surface area contributed by atoms with E-state index in [4.69, 9.17) is 33.0 Å². The van der Waals surface area contributed by atoms with Crippen molar-refractivity contribution < 1.29 is 23.8 Å². The summed E-state index contributed by atoms with van der Waals surface area (Å²) in [6.07, 6.45) is 0.959. The number of dihydropyridines is 1. The maximum Gasteiger partial charge on any atom is 0.341 e. The van der Waals surface area contributed by atoms with Crippen LogP contribution in [0.3, 0.4) is 0 Å². The van der Waals surface area contributed by atoms with E-state index in [2.05, 4.69) is 5.32 Å². The van der Waals surface area contributed by atoms with Crippen LogP contribution in [0.2, 0.25) is 10.0 Å². The second-order valence-electron chi connectivity index (χ2n) is 4.33. The van der Waals surface area contributed by atoms with Gasteiger partial charge >= 0.3 is 11.9 Å². The number of aliphatic carboxylic acids is 1. The smallest absolute Gasteiger partial charge is 0.341 e. The fraction of sp³-hybridized carbons (Fsp3) is 0.143. The molecule has 0 aromatic heterocycles. The van der Waals surface area contributed by atoms with Crippen LogP contribution in [0.4, 0.5) is 4.39 Å². The first kappa shape index (κ1) is 16.3. The molecule has 0 atom stereocenters. The molecular formula is C14H10Cl2FNO4. The number of carbonyl (C=O) groups excluding carboxylic acids is 1. The van der Waals surface area contributed by atoms with Crippen molar-refractivity contribution in [3.63, 3.8) is 0 Å². The molecule has 0 unspecified atom stereocenters. The molecule has 1 heterocycles. The molecule has 0 radical (unpaired) electrons. The Morgan fingerprint density at radius 3 is 2.73 bits per heavy atom. The number of nitrogens with one attached hydrogen (secondary N) is 1. The van der Waals surface area contributed by atoms with Crippen molar-refractivity contribution in [1.29, 1.82) is 0 Å². The highest BCUT2D eigenvalue weighted by Crippen LogP contribution is 2.32. The van der Waals surface area contributed by atoms with E-state index in [0.717, 1.165) is 0 Å². The predicted molar refractivity (Wildman–Crippen MR) is 78.6 cm³/mol. The van der Waals surface area contributed by atoms with Gasteiger partial charge in [0.05, 0.1) is 21.9 Å². The average Bonchev–Trinajstić information content (AvgIpc) is 2.51. The molecule has 22 heavy (non-hydrogen) atoms. The van der Waals surface area contributed by atoms with E-state index in [1.807, 2.05) is 0 Å². The number of esters is 1. The Morgan fingerprint density at radius 1 is 1.36 bits per heavy atom. The Bertz CT molecular complexity index is 700. The summed E-state index contributed by atoms with van der Waals surface area (Å²) in [4.78, 5) is 23.1. The minimum absolute atomic E-state index is 0.0330. The molecule has 2 N–H and O–H groups in total. The highest BCUT2D eigenvalue weighted by Gasteiger charge is 2.25. The number of allylic oxidation sites excluding steroid dienone is 1. The number of alkyl halides is 1. The van der Waals surface area contributed by atoms with Crippen molar-refractivity contribution in [3.05, 3.63) is 51.3 Å². The lowest BCUT2D eigenvalue weighted by Gasteiger charge is -2.17. The summed E-state index contributed by atoms with van der Waals surface area (Å²) in [6.45, 7) is -0.972. The lowest BCUT2D eigenvalue weighted by atomic mass is 10.0. The van der Waals surface area contributed by atoms with Crippen molar-refractivity contribution in [1.82, 2.24) is 5.32 Å². The van der Waals surface area contributed by atoms with Gasteiger partial charge in [-0.15, -0.1) is 0 Å². The quantitative estimate of drug-likeness (QED) is 0.647. The summed E-state index contributed by atoms with van der Waals surface area (Å²) in [6, 6.07) is 4.53. The van der Waals surface area contributed by atoms with Crippen molar-refractivity contribution in [2.24, 2.45) is 0 Å². The lowest BCUT2D eigenvalue weighted by molar-refractivity contribution is -0.132. The van der Waals surface area contributed by atoms with Crippen molar-refractivity contribution in [2.75, 3.05) is 6.67 Å². The van der Waals surface area contributed by atoms with Gasteiger partial charge in [-0.25, -0.2) is 14.0 Å². The van der Waals surface area contributed by atoms with E-state index in [-0.39, 0.29) is 39.1 Å². The van der Waals surface area contributed by atoms with Gasteiger partial charge in [-0.05, 0) is 12.1 Å². The van der Waals surface area contributed by atoms with Crippen LogP contribution in [-0.4, -0.2) is 23.7 Å². The molecule has 2 rings (SSSR count). The molecule has 0 saturated carbocycles. The van der Waals surface area contributed by atoms with E-state index in [1.165, 1.54) is 18.3 Å². The fourth-order valence-electron chi connectivity index (χ4n) is 1.79. The number of carboxylic acids is 1. The van der Waals surface area contributed by atoms with Crippen LogP contribution < -0.4 is 10.1 Å².